The molecule has 1 aliphatic carbocycles. The lowest BCUT2D eigenvalue weighted by Gasteiger charge is -2.29. The molecule has 0 aromatic carbocycles. The molecule has 2 unspecified atom stereocenters. The van der Waals surface area contributed by atoms with Crippen molar-refractivity contribution in [1.29, 1.82) is 0 Å². The zero-order valence-corrected chi connectivity index (χ0v) is 9.50. The van der Waals surface area contributed by atoms with Gasteiger partial charge in [0.15, 0.2) is 0 Å². The van der Waals surface area contributed by atoms with Gasteiger partial charge in [-0.25, -0.2) is 4.98 Å². The molecule has 0 spiro atoms. The number of hydrogen-bond donors (Lipinski definition) is 1. The first-order valence-electron chi connectivity index (χ1n) is 5.57. The van der Waals surface area contributed by atoms with Crippen molar-refractivity contribution in [2.45, 2.75) is 37.3 Å². The summed E-state index contributed by atoms with van der Waals surface area (Å²) in [6.45, 7) is 0.822. The monoisotopic (exact) mass is 224 g/mol. The Labute approximate surface area is 93.7 Å². The highest BCUT2D eigenvalue weighted by molar-refractivity contribution is 7.09. The van der Waals surface area contributed by atoms with Crippen LogP contribution in [0.2, 0.25) is 0 Å². The van der Waals surface area contributed by atoms with Gasteiger partial charge in [0, 0.05) is 24.6 Å². The van der Waals surface area contributed by atoms with Crippen LogP contribution in [0.4, 0.5) is 0 Å². The molecule has 1 aromatic heterocycles. The lowest BCUT2D eigenvalue weighted by Crippen LogP contribution is -2.50. The Hall–Kier alpha value is -0.450. The van der Waals surface area contributed by atoms with Crippen molar-refractivity contribution in [2.75, 3.05) is 6.61 Å². The Morgan fingerprint density at radius 1 is 1.60 bits per heavy atom. The van der Waals surface area contributed by atoms with Crippen molar-refractivity contribution in [1.82, 2.24) is 4.98 Å². The maximum absolute atomic E-state index is 6.48. The first-order valence-corrected chi connectivity index (χ1v) is 6.45. The number of nitrogens with zero attached hydrogens (tertiary/aromatic N) is 1. The van der Waals surface area contributed by atoms with E-state index < -0.39 is 0 Å². The number of ether oxygens (including phenoxy) is 1. The highest BCUT2D eigenvalue weighted by Gasteiger charge is 2.48. The molecule has 0 radical (unpaired) electrons. The van der Waals surface area contributed by atoms with Gasteiger partial charge in [-0.15, -0.1) is 11.3 Å². The van der Waals surface area contributed by atoms with E-state index in [1.807, 2.05) is 11.6 Å². The van der Waals surface area contributed by atoms with Crippen LogP contribution in [0.1, 0.15) is 24.3 Å². The summed E-state index contributed by atoms with van der Waals surface area (Å²) in [5, 5.41) is 3.16. The summed E-state index contributed by atoms with van der Waals surface area (Å²) in [6, 6.07) is 0. The van der Waals surface area contributed by atoms with Gasteiger partial charge in [0.25, 0.3) is 0 Å². The van der Waals surface area contributed by atoms with Gasteiger partial charge in [-0.1, -0.05) is 0 Å². The molecule has 0 amide bonds. The predicted octanol–water partition coefficient (Wildman–Crippen LogP) is 1.58. The second-order valence-corrected chi connectivity index (χ2v) is 5.69. The third-order valence-electron chi connectivity index (χ3n) is 3.45. The van der Waals surface area contributed by atoms with E-state index in [1.54, 1.807) is 11.3 Å². The second kappa shape index (κ2) is 3.54. The molecule has 1 saturated heterocycles. The van der Waals surface area contributed by atoms with Crippen LogP contribution in [0.15, 0.2) is 11.6 Å². The fraction of sp³-hybridized carbons (Fsp3) is 0.727. The molecule has 2 heterocycles. The van der Waals surface area contributed by atoms with Crippen LogP contribution in [0.25, 0.3) is 0 Å². The minimum atomic E-state index is -0.154. The first-order chi connectivity index (χ1) is 7.28. The molecule has 82 valence electrons. The fourth-order valence-corrected chi connectivity index (χ4v) is 3.25. The van der Waals surface area contributed by atoms with Gasteiger partial charge in [0.2, 0.25) is 0 Å². The van der Waals surface area contributed by atoms with Gasteiger partial charge in [-0.3, -0.25) is 0 Å². The van der Waals surface area contributed by atoms with E-state index in [-0.39, 0.29) is 11.6 Å². The summed E-state index contributed by atoms with van der Waals surface area (Å²) < 4.78 is 5.79. The summed E-state index contributed by atoms with van der Waals surface area (Å²) in [5.74, 6) is 0.720. The fourth-order valence-electron chi connectivity index (χ4n) is 2.50. The molecule has 2 aliphatic rings. The van der Waals surface area contributed by atoms with Crippen molar-refractivity contribution >= 4 is 11.3 Å². The molecule has 15 heavy (non-hydrogen) atoms. The first kappa shape index (κ1) is 9.75. The number of nitrogens with two attached hydrogens (primary N) is 1. The largest absolute Gasteiger partial charge is 0.376 e. The normalized spacial score (nSPS) is 35.9. The Bertz CT molecular complexity index is 336. The molecule has 4 heteroatoms. The lowest BCUT2D eigenvalue weighted by atomic mass is 9.86. The van der Waals surface area contributed by atoms with E-state index in [1.165, 1.54) is 12.8 Å². The standard InChI is InChI=1S/C11H16N2OS/c12-11(7-9-13-4-6-15-9)3-5-14-10(11)8-1-2-8/h4,6,8,10H,1-3,5,7,12H2. The topological polar surface area (TPSA) is 48.1 Å². The third-order valence-corrected chi connectivity index (χ3v) is 4.23. The molecule has 2 fully saturated rings. The summed E-state index contributed by atoms with van der Waals surface area (Å²) in [4.78, 5) is 4.32. The molecule has 2 N–H and O–H groups in total. The average molecular weight is 224 g/mol. The van der Waals surface area contributed by atoms with E-state index in [0.29, 0.717) is 0 Å². The van der Waals surface area contributed by atoms with Gasteiger partial charge in [0.05, 0.1) is 16.7 Å². The number of hydrogen-bond acceptors (Lipinski definition) is 4. The van der Waals surface area contributed by atoms with Crippen molar-refractivity contribution in [2.24, 2.45) is 11.7 Å². The van der Waals surface area contributed by atoms with Crippen LogP contribution in [0.5, 0.6) is 0 Å². The van der Waals surface area contributed by atoms with Gasteiger partial charge >= 0.3 is 0 Å². The van der Waals surface area contributed by atoms with E-state index in [2.05, 4.69) is 4.98 Å². The van der Waals surface area contributed by atoms with Crippen LogP contribution < -0.4 is 5.73 Å². The van der Waals surface area contributed by atoms with Crippen LogP contribution >= 0.6 is 11.3 Å². The van der Waals surface area contributed by atoms with Crippen LogP contribution in [0.3, 0.4) is 0 Å². The van der Waals surface area contributed by atoms with E-state index in [0.717, 1.165) is 30.4 Å². The molecule has 2 atom stereocenters. The van der Waals surface area contributed by atoms with Crippen LogP contribution in [0, 0.1) is 5.92 Å². The highest BCUT2D eigenvalue weighted by atomic mass is 32.1. The van der Waals surface area contributed by atoms with E-state index in [9.17, 15) is 0 Å². The number of aromatic nitrogens is 1. The second-order valence-electron chi connectivity index (χ2n) is 4.71. The molecule has 1 aromatic rings. The molecule has 3 rings (SSSR count). The lowest BCUT2D eigenvalue weighted by molar-refractivity contribution is 0.0626. The average Bonchev–Trinajstić information content (AvgIpc) is 2.79. The molecule has 3 nitrogen and oxygen atoms in total. The van der Waals surface area contributed by atoms with Gasteiger partial charge in [-0.05, 0) is 25.2 Å². The maximum atomic E-state index is 6.48. The smallest absolute Gasteiger partial charge is 0.0944 e. The Morgan fingerprint density at radius 3 is 3.13 bits per heavy atom. The van der Waals surface area contributed by atoms with Crippen molar-refractivity contribution in [3.8, 4) is 0 Å². The third kappa shape index (κ3) is 1.82. The summed E-state index contributed by atoms with van der Waals surface area (Å²) in [6.07, 6.45) is 6.58. The SMILES string of the molecule is NC1(Cc2nccs2)CCOC1C1CC1. The zero-order valence-electron chi connectivity index (χ0n) is 8.69. The predicted molar refractivity (Wildman–Crippen MR) is 59.8 cm³/mol. The van der Waals surface area contributed by atoms with Crippen molar-refractivity contribution in [3.63, 3.8) is 0 Å². The van der Waals surface area contributed by atoms with Gasteiger partial charge in [0.1, 0.15) is 0 Å². The number of rotatable bonds is 3. The highest BCUT2D eigenvalue weighted by Crippen LogP contribution is 2.43. The quantitative estimate of drug-likeness (QED) is 0.848. The molecular formula is C11H16N2OS. The van der Waals surface area contributed by atoms with Gasteiger partial charge in [-0.2, -0.15) is 0 Å². The van der Waals surface area contributed by atoms with Crippen LogP contribution in [-0.4, -0.2) is 23.2 Å². The summed E-state index contributed by atoms with van der Waals surface area (Å²) >= 11 is 1.70. The minimum absolute atomic E-state index is 0.154. The molecule has 1 aliphatic heterocycles. The summed E-state index contributed by atoms with van der Waals surface area (Å²) in [5.41, 5.74) is 6.32. The zero-order chi connectivity index (χ0) is 10.3. The van der Waals surface area contributed by atoms with Crippen LogP contribution in [-0.2, 0) is 11.2 Å². The molecule has 0 bridgehead atoms. The Morgan fingerprint density at radius 2 is 2.47 bits per heavy atom. The van der Waals surface area contributed by atoms with Crippen molar-refractivity contribution in [3.05, 3.63) is 16.6 Å². The minimum Gasteiger partial charge on any atom is -0.376 e. The molecule has 1 saturated carbocycles. The van der Waals surface area contributed by atoms with E-state index in [4.69, 9.17) is 10.5 Å². The summed E-state index contributed by atoms with van der Waals surface area (Å²) in [7, 11) is 0. The van der Waals surface area contributed by atoms with E-state index >= 15 is 0 Å². The maximum Gasteiger partial charge on any atom is 0.0944 e. The van der Waals surface area contributed by atoms with Gasteiger partial charge < -0.3 is 10.5 Å². The van der Waals surface area contributed by atoms with Crippen molar-refractivity contribution < 1.29 is 4.74 Å². The number of thiazole rings is 1. The Kier molecular flexibility index (Phi) is 2.30. The Balaban J connectivity index is 1.76. The molecular weight excluding hydrogens is 208 g/mol.